The van der Waals surface area contributed by atoms with Crippen LogP contribution in [-0.2, 0) is 4.79 Å². The fraction of sp³-hybridized carbons (Fsp3) is 0. The van der Waals surface area contributed by atoms with E-state index in [2.05, 4.69) is 0 Å². The van der Waals surface area contributed by atoms with E-state index < -0.39 is 10.9 Å². The second-order valence-electron chi connectivity index (χ2n) is 5.45. The zero-order chi connectivity index (χ0) is 16.7. The van der Waals surface area contributed by atoms with Crippen LogP contribution in [0.1, 0.15) is 0 Å². The highest BCUT2D eigenvalue weighted by Gasteiger charge is 2.25. The maximum atomic E-state index is 12.5. The second kappa shape index (κ2) is 5.31. The summed E-state index contributed by atoms with van der Waals surface area (Å²) in [5.41, 5.74) is 2.31. The highest BCUT2D eigenvalue weighted by atomic mass is 16.6. The van der Waals surface area contributed by atoms with Gasteiger partial charge in [0.05, 0.1) is 10.5 Å². The number of nitrogens with zero attached hydrogens (tertiary/aromatic N) is 1. The number of nitro groups is 1. The zero-order valence-electron chi connectivity index (χ0n) is 12.4. The molecular weight excluding hydrogens is 306 g/mol. The molecule has 0 atom stereocenters. The molecule has 0 N–H and O–H groups in total. The molecule has 0 fully saturated rings. The van der Waals surface area contributed by atoms with Gasteiger partial charge >= 0.3 is 5.97 Å². The Morgan fingerprint density at radius 1 is 1.00 bits per heavy atom. The largest absolute Gasteiger partial charge is 0.423 e. The van der Waals surface area contributed by atoms with Gasteiger partial charge in [0.1, 0.15) is 5.75 Å². The van der Waals surface area contributed by atoms with Crippen molar-refractivity contribution in [1.29, 1.82) is 0 Å². The Balaban J connectivity index is 1.63. The van der Waals surface area contributed by atoms with Gasteiger partial charge in [0.15, 0.2) is 0 Å². The van der Waals surface area contributed by atoms with Crippen LogP contribution in [0.5, 0.6) is 5.75 Å². The number of esters is 1. The summed E-state index contributed by atoms with van der Waals surface area (Å²) in [4.78, 5) is 22.7. The van der Waals surface area contributed by atoms with Crippen LogP contribution < -0.4 is 15.2 Å². The van der Waals surface area contributed by atoms with Crippen LogP contribution in [0.2, 0.25) is 0 Å². The van der Waals surface area contributed by atoms with Gasteiger partial charge in [-0.1, -0.05) is 30.3 Å². The van der Waals surface area contributed by atoms with Gasteiger partial charge in [-0.3, -0.25) is 10.1 Å². The van der Waals surface area contributed by atoms with Gasteiger partial charge in [-0.25, -0.2) is 4.79 Å². The van der Waals surface area contributed by atoms with Crippen LogP contribution in [0.3, 0.4) is 0 Å². The molecule has 0 saturated carbocycles. The minimum absolute atomic E-state index is 0.0486. The summed E-state index contributed by atoms with van der Waals surface area (Å²) in [6.45, 7) is 0. The number of nitro benzene ring substituents is 1. The molecule has 2 aliphatic rings. The van der Waals surface area contributed by atoms with E-state index in [-0.39, 0.29) is 11.4 Å². The molecule has 5 heteroatoms. The van der Waals surface area contributed by atoms with Crippen LogP contribution in [-0.4, -0.2) is 10.9 Å². The number of non-ortho nitro benzene ring substituents is 1. The maximum Gasteiger partial charge on any atom is 0.344 e. The molecule has 2 aromatic rings. The quantitative estimate of drug-likeness (QED) is 0.376. The van der Waals surface area contributed by atoms with E-state index in [0.717, 1.165) is 21.6 Å². The fourth-order valence-electron chi connectivity index (χ4n) is 2.90. The smallest absolute Gasteiger partial charge is 0.344 e. The molecule has 24 heavy (non-hydrogen) atoms. The SMILES string of the molecule is O=C(Oc1ccc([N+](=O)[O-])cc1)C1=CC=C2C=c3ccccc3=C21. The molecule has 0 bridgehead atoms. The summed E-state index contributed by atoms with van der Waals surface area (Å²) >= 11 is 0. The highest BCUT2D eigenvalue weighted by Crippen LogP contribution is 2.30. The Morgan fingerprint density at radius 2 is 1.75 bits per heavy atom. The van der Waals surface area contributed by atoms with E-state index in [4.69, 9.17) is 4.74 Å². The second-order valence-corrected chi connectivity index (χ2v) is 5.45. The zero-order valence-corrected chi connectivity index (χ0v) is 12.4. The Hall–Kier alpha value is -3.47. The monoisotopic (exact) mass is 317 g/mol. The summed E-state index contributed by atoms with van der Waals surface area (Å²) < 4.78 is 5.36. The lowest BCUT2D eigenvalue weighted by Gasteiger charge is -2.07. The van der Waals surface area contributed by atoms with Crippen molar-refractivity contribution in [3.63, 3.8) is 0 Å². The molecule has 0 radical (unpaired) electrons. The number of allylic oxidation sites excluding steroid dienone is 3. The number of carbonyl (C=O) groups is 1. The Bertz CT molecular complexity index is 1060. The molecule has 0 spiro atoms. The number of rotatable bonds is 3. The molecule has 0 aliphatic heterocycles. The van der Waals surface area contributed by atoms with E-state index in [9.17, 15) is 14.9 Å². The molecule has 4 rings (SSSR count). The molecule has 0 amide bonds. The van der Waals surface area contributed by atoms with Crippen molar-refractivity contribution in [2.24, 2.45) is 0 Å². The summed E-state index contributed by atoms with van der Waals surface area (Å²) in [5, 5.41) is 12.7. The predicted molar refractivity (Wildman–Crippen MR) is 88.5 cm³/mol. The minimum Gasteiger partial charge on any atom is -0.423 e. The van der Waals surface area contributed by atoms with E-state index in [1.165, 1.54) is 24.3 Å². The van der Waals surface area contributed by atoms with Crippen molar-refractivity contribution < 1.29 is 14.5 Å². The van der Waals surface area contributed by atoms with E-state index in [0.29, 0.717) is 5.57 Å². The van der Waals surface area contributed by atoms with Gasteiger partial charge in [-0.05, 0) is 40.3 Å². The maximum absolute atomic E-state index is 12.5. The normalized spacial score (nSPS) is 14.2. The topological polar surface area (TPSA) is 69.4 Å². The van der Waals surface area contributed by atoms with Crippen LogP contribution in [0.25, 0.3) is 11.6 Å². The summed E-state index contributed by atoms with van der Waals surface area (Å²) in [5.74, 6) is -0.203. The lowest BCUT2D eigenvalue weighted by molar-refractivity contribution is -0.384. The summed E-state index contributed by atoms with van der Waals surface area (Å²) in [6, 6.07) is 13.3. The number of hydrogen-bond donors (Lipinski definition) is 0. The van der Waals surface area contributed by atoms with Crippen LogP contribution >= 0.6 is 0 Å². The minimum atomic E-state index is -0.498. The molecule has 2 aliphatic carbocycles. The van der Waals surface area contributed by atoms with Crippen molar-refractivity contribution in [2.45, 2.75) is 0 Å². The van der Waals surface area contributed by atoms with Crippen LogP contribution in [0.15, 0.2) is 71.8 Å². The van der Waals surface area contributed by atoms with Gasteiger partial charge in [0, 0.05) is 17.7 Å². The van der Waals surface area contributed by atoms with Crippen LogP contribution in [0.4, 0.5) is 5.69 Å². The first-order chi connectivity index (χ1) is 11.6. The van der Waals surface area contributed by atoms with Crippen molar-refractivity contribution in [1.82, 2.24) is 0 Å². The third kappa shape index (κ3) is 2.23. The third-order valence-electron chi connectivity index (χ3n) is 4.01. The molecule has 0 heterocycles. The van der Waals surface area contributed by atoms with Crippen molar-refractivity contribution >= 4 is 23.3 Å². The van der Waals surface area contributed by atoms with E-state index in [1.54, 1.807) is 6.08 Å². The van der Waals surface area contributed by atoms with E-state index in [1.807, 2.05) is 36.4 Å². The standard InChI is InChI=1S/C19H11NO4/c21-19(24-15-8-6-14(7-9-15)20(22)23)17-10-5-13-11-12-3-1-2-4-16(12)18(13)17/h1-11H. The number of hydrogen-bond acceptors (Lipinski definition) is 4. The molecule has 116 valence electrons. The van der Waals surface area contributed by atoms with Gasteiger partial charge in [-0.2, -0.15) is 0 Å². The summed E-state index contributed by atoms with van der Waals surface area (Å²) in [7, 11) is 0. The average Bonchev–Trinajstić information content (AvgIpc) is 3.14. The van der Waals surface area contributed by atoms with E-state index >= 15 is 0 Å². The van der Waals surface area contributed by atoms with Gasteiger partial charge < -0.3 is 4.74 Å². The van der Waals surface area contributed by atoms with Crippen molar-refractivity contribution in [3.05, 3.63) is 92.4 Å². The highest BCUT2D eigenvalue weighted by molar-refractivity contribution is 6.12. The average molecular weight is 317 g/mol. The molecule has 2 aromatic carbocycles. The Labute approximate surface area is 136 Å². The fourth-order valence-corrected chi connectivity index (χ4v) is 2.90. The van der Waals surface area contributed by atoms with Crippen molar-refractivity contribution in [2.75, 3.05) is 0 Å². The lowest BCUT2D eigenvalue weighted by atomic mass is 10.0. The number of fused-ring (bicyclic) bond motifs is 2. The Kier molecular flexibility index (Phi) is 3.13. The molecule has 0 aromatic heterocycles. The van der Waals surface area contributed by atoms with Crippen molar-refractivity contribution in [3.8, 4) is 5.75 Å². The summed E-state index contributed by atoms with van der Waals surface area (Å²) in [6.07, 6.45) is 5.67. The molecule has 5 nitrogen and oxygen atoms in total. The Morgan fingerprint density at radius 3 is 2.50 bits per heavy atom. The lowest BCUT2D eigenvalue weighted by Crippen LogP contribution is -2.24. The first-order valence-corrected chi connectivity index (χ1v) is 7.34. The van der Waals surface area contributed by atoms with Gasteiger partial charge in [0.25, 0.3) is 5.69 Å². The van der Waals surface area contributed by atoms with Gasteiger partial charge in [0.2, 0.25) is 0 Å². The van der Waals surface area contributed by atoms with Crippen LogP contribution in [0, 0.1) is 10.1 Å². The first-order valence-electron chi connectivity index (χ1n) is 7.34. The number of carbonyl (C=O) groups excluding carboxylic acids is 1. The predicted octanol–water partition coefficient (Wildman–Crippen LogP) is 2.01. The molecule has 0 saturated heterocycles. The third-order valence-corrected chi connectivity index (χ3v) is 4.01. The van der Waals surface area contributed by atoms with Gasteiger partial charge in [-0.15, -0.1) is 0 Å². The first kappa shape index (κ1) is 14.1. The number of ether oxygens (including phenoxy) is 1. The molecular formula is C19H11NO4. The molecule has 0 unspecified atom stereocenters. The number of benzene rings is 2.